The smallest absolute Gasteiger partial charge is 0.162 e. The van der Waals surface area contributed by atoms with Gasteiger partial charge in [-0.05, 0) is 69.1 Å². The fraction of sp³-hybridized carbons (Fsp3) is 0.955. The van der Waals surface area contributed by atoms with Crippen molar-refractivity contribution >= 4 is 5.78 Å². The number of epoxide rings is 1. The minimum Gasteiger partial charge on any atom is -0.393 e. The van der Waals surface area contributed by atoms with Gasteiger partial charge in [-0.15, -0.1) is 0 Å². The van der Waals surface area contributed by atoms with E-state index in [4.69, 9.17) is 4.74 Å². The Morgan fingerprint density at radius 2 is 1.77 bits per heavy atom. The van der Waals surface area contributed by atoms with Crippen LogP contribution >= 0.6 is 0 Å². The Bertz CT molecular complexity index is 663. The lowest BCUT2D eigenvalue weighted by molar-refractivity contribution is -0.171. The van der Waals surface area contributed by atoms with E-state index in [1.807, 2.05) is 0 Å². The number of aliphatic hydroxyl groups excluding tert-OH is 1. The van der Waals surface area contributed by atoms with E-state index in [9.17, 15) is 15.0 Å². The molecule has 2 N–H and O–H groups in total. The number of aliphatic hydroxyl groups is 2. The third kappa shape index (κ3) is 1.72. The highest BCUT2D eigenvalue weighted by Gasteiger charge is 2.77. The SMILES string of the molecule is CC(=O)[C@@]1(O)[C@H](C)C[C@H]2[C@@H]3C[C@@H]4O[C@@]45C[C@@H](O)CC[C@]5(C)[C@H]3CC[C@@]21C. The molecule has 0 amide bonds. The van der Waals surface area contributed by atoms with Gasteiger partial charge in [-0.25, -0.2) is 0 Å². The third-order valence-electron chi connectivity index (χ3n) is 10.2. The van der Waals surface area contributed by atoms with E-state index >= 15 is 0 Å². The molecular weight excluding hydrogens is 328 g/mol. The van der Waals surface area contributed by atoms with Crippen LogP contribution in [0.1, 0.15) is 72.6 Å². The number of Topliss-reactive ketones (excluding diaryl/α,β-unsaturated/α-hetero) is 1. The van der Waals surface area contributed by atoms with Gasteiger partial charge in [0, 0.05) is 17.3 Å². The second-order valence-corrected chi connectivity index (χ2v) is 10.8. The first-order chi connectivity index (χ1) is 12.1. The van der Waals surface area contributed by atoms with Gasteiger partial charge in [0.2, 0.25) is 0 Å². The summed E-state index contributed by atoms with van der Waals surface area (Å²) in [5.41, 5.74) is -1.44. The summed E-state index contributed by atoms with van der Waals surface area (Å²) in [6, 6.07) is 0. The largest absolute Gasteiger partial charge is 0.393 e. The Hall–Kier alpha value is -0.450. The molecule has 4 saturated carbocycles. The first-order valence-corrected chi connectivity index (χ1v) is 10.7. The van der Waals surface area contributed by atoms with Gasteiger partial charge in [0.15, 0.2) is 5.78 Å². The summed E-state index contributed by atoms with van der Waals surface area (Å²) < 4.78 is 6.35. The second kappa shape index (κ2) is 4.93. The van der Waals surface area contributed by atoms with Crippen LogP contribution in [0.25, 0.3) is 0 Å². The molecule has 0 aromatic rings. The lowest BCUT2D eigenvalue weighted by Gasteiger charge is -2.59. The van der Waals surface area contributed by atoms with Crippen molar-refractivity contribution in [3.63, 3.8) is 0 Å². The van der Waals surface area contributed by atoms with Crippen LogP contribution < -0.4 is 0 Å². The molecule has 5 rings (SSSR count). The lowest BCUT2D eigenvalue weighted by atomic mass is 9.44. The first-order valence-electron chi connectivity index (χ1n) is 10.7. The third-order valence-corrected chi connectivity index (χ3v) is 10.2. The average molecular weight is 363 g/mol. The predicted octanol–water partition coefficient (Wildman–Crippen LogP) is 3.09. The van der Waals surface area contributed by atoms with Crippen molar-refractivity contribution in [3.05, 3.63) is 0 Å². The molecule has 1 saturated heterocycles. The van der Waals surface area contributed by atoms with Crippen molar-refractivity contribution in [1.82, 2.24) is 0 Å². The minimum absolute atomic E-state index is 0.0292. The van der Waals surface area contributed by atoms with Gasteiger partial charge in [0.05, 0.1) is 12.2 Å². The summed E-state index contributed by atoms with van der Waals surface area (Å²) in [5.74, 6) is 1.50. The molecule has 1 heterocycles. The van der Waals surface area contributed by atoms with Gasteiger partial charge in [-0.1, -0.05) is 20.8 Å². The van der Waals surface area contributed by atoms with Crippen molar-refractivity contribution in [3.8, 4) is 0 Å². The Morgan fingerprint density at radius 3 is 2.46 bits per heavy atom. The number of ketones is 1. The van der Waals surface area contributed by atoms with Gasteiger partial charge in [0.1, 0.15) is 11.2 Å². The number of carbonyl (C=O) groups is 1. The van der Waals surface area contributed by atoms with Crippen LogP contribution in [0.3, 0.4) is 0 Å². The maximum atomic E-state index is 12.5. The molecule has 0 aromatic carbocycles. The van der Waals surface area contributed by atoms with Crippen LogP contribution in [0.5, 0.6) is 0 Å². The molecule has 1 aliphatic heterocycles. The molecule has 0 bridgehead atoms. The number of hydrogen-bond acceptors (Lipinski definition) is 4. The highest BCUT2D eigenvalue weighted by atomic mass is 16.6. The number of rotatable bonds is 1. The molecule has 0 unspecified atom stereocenters. The van der Waals surface area contributed by atoms with Gasteiger partial charge < -0.3 is 14.9 Å². The van der Waals surface area contributed by atoms with Crippen LogP contribution in [-0.4, -0.2) is 39.4 Å². The van der Waals surface area contributed by atoms with E-state index in [-0.39, 0.29) is 40.3 Å². The maximum absolute atomic E-state index is 12.5. The number of ether oxygens (including phenoxy) is 1. The van der Waals surface area contributed by atoms with Crippen LogP contribution in [0.4, 0.5) is 0 Å². The van der Waals surface area contributed by atoms with E-state index in [2.05, 4.69) is 20.8 Å². The van der Waals surface area contributed by atoms with E-state index in [0.717, 1.165) is 44.9 Å². The number of carbonyl (C=O) groups excluding carboxylic acids is 1. The van der Waals surface area contributed by atoms with Gasteiger partial charge in [-0.2, -0.15) is 0 Å². The second-order valence-electron chi connectivity index (χ2n) is 10.8. The van der Waals surface area contributed by atoms with Crippen LogP contribution in [0.15, 0.2) is 0 Å². The Morgan fingerprint density at radius 1 is 1.08 bits per heavy atom. The Labute approximate surface area is 156 Å². The molecular formula is C22H34O4. The normalized spacial score (nSPS) is 63.3. The summed E-state index contributed by atoms with van der Waals surface area (Å²) in [5, 5.41) is 21.7. The van der Waals surface area contributed by atoms with Gasteiger partial charge in [0.25, 0.3) is 0 Å². The zero-order valence-electron chi connectivity index (χ0n) is 16.6. The van der Waals surface area contributed by atoms with E-state index in [1.165, 1.54) is 0 Å². The van der Waals surface area contributed by atoms with Gasteiger partial charge in [-0.3, -0.25) is 4.79 Å². The molecule has 0 radical (unpaired) electrons. The van der Waals surface area contributed by atoms with E-state index in [0.29, 0.717) is 17.8 Å². The quantitative estimate of drug-likeness (QED) is 0.703. The monoisotopic (exact) mass is 362 g/mol. The van der Waals surface area contributed by atoms with Crippen LogP contribution in [0, 0.1) is 34.5 Å². The summed E-state index contributed by atoms with van der Waals surface area (Å²) in [7, 11) is 0. The average Bonchev–Trinajstić information content (AvgIpc) is 3.22. The zero-order chi connectivity index (χ0) is 18.7. The first kappa shape index (κ1) is 17.6. The molecule has 0 aromatic heterocycles. The minimum atomic E-state index is -1.18. The highest BCUT2D eigenvalue weighted by molar-refractivity contribution is 5.86. The molecule has 10 atom stereocenters. The Balaban J connectivity index is 1.53. The topological polar surface area (TPSA) is 70.1 Å². The summed E-state index contributed by atoms with van der Waals surface area (Å²) in [4.78, 5) is 12.5. The fourth-order valence-electron chi connectivity index (χ4n) is 8.75. The fourth-order valence-corrected chi connectivity index (χ4v) is 8.75. The van der Waals surface area contributed by atoms with Crippen molar-refractivity contribution in [2.24, 2.45) is 34.5 Å². The predicted molar refractivity (Wildman–Crippen MR) is 97.4 cm³/mol. The lowest BCUT2D eigenvalue weighted by Crippen LogP contribution is -2.61. The standard InChI is InChI=1S/C22H34O4/c1-12-9-17-15-10-18-21(26-18)11-14(24)5-7-19(21,3)16(15)6-8-20(17,4)22(12,25)13(2)23/h12,14-18,24-25H,5-11H2,1-4H3/t12-,14+,15-,16+,17+,18+,19-,20+,21+,22+/m1/s1. The van der Waals surface area contributed by atoms with Crippen LogP contribution in [-0.2, 0) is 9.53 Å². The number of fused-ring (bicyclic) bond motifs is 4. The maximum Gasteiger partial charge on any atom is 0.162 e. The van der Waals surface area contributed by atoms with Gasteiger partial charge >= 0.3 is 0 Å². The highest BCUT2D eigenvalue weighted by Crippen LogP contribution is 2.74. The van der Waals surface area contributed by atoms with E-state index < -0.39 is 5.60 Å². The van der Waals surface area contributed by atoms with Crippen LogP contribution in [0.2, 0.25) is 0 Å². The summed E-state index contributed by atoms with van der Waals surface area (Å²) >= 11 is 0. The number of hydrogen-bond donors (Lipinski definition) is 2. The summed E-state index contributed by atoms with van der Waals surface area (Å²) in [6.45, 7) is 8.24. The molecule has 1 spiro atoms. The molecule has 4 aliphatic carbocycles. The van der Waals surface area contributed by atoms with Crippen molar-refractivity contribution in [1.29, 1.82) is 0 Å². The zero-order valence-corrected chi connectivity index (χ0v) is 16.6. The summed E-state index contributed by atoms with van der Waals surface area (Å²) in [6.07, 6.45) is 6.78. The molecule has 5 fully saturated rings. The molecule has 4 heteroatoms. The molecule has 4 nitrogen and oxygen atoms in total. The molecule has 146 valence electrons. The Kier molecular flexibility index (Phi) is 3.34. The molecule has 5 aliphatic rings. The van der Waals surface area contributed by atoms with Crippen molar-refractivity contribution < 1.29 is 19.7 Å². The van der Waals surface area contributed by atoms with Crippen molar-refractivity contribution in [2.75, 3.05) is 0 Å². The van der Waals surface area contributed by atoms with E-state index in [1.54, 1.807) is 6.92 Å². The van der Waals surface area contributed by atoms with Crippen molar-refractivity contribution in [2.45, 2.75) is 96.1 Å². The molecule has 26 heavy (non-hydrogen) atoms.